The molecule has 24 heavy (non-hydrogen) atoms. The first-order chi connectivity index (χ1) is 11.6. The van der Waals surface area contributed by atoms with Crippen LogP contribution in [0.3, 0.4) is 0 Å². The molecule has 1 aromatic carbocycles. The van der Waals surface area contributed by atoms with E-state index in [2.05, 4.69) is 15.3 Å². The molecule has 1 unspecified atom stereocenters. The van der Waals surface area contributed by atoms with Gasteiger partial charge in [-0.3, -0.25) is 9.79 Å². The number of allylic oxidation sites excluding steroid dienone is 4. The first-order valence-corrected chi connectivity index (χ1v) is 7.36. The highest BCUT2D eigenvalue weighted by Gasteiger charge is 2.47. The summed E-state index contributed by atoms with van der Waals surface area (Å²) in [4.78, 5) is 21.4. The van der Waals surface area contributed by atoms with Gasteiger partial charge in [-0.2, -0.15) is 10.8 Å². The summed E-state index contributed by atoms with van der Waals surface area (Å²) in [7, 11) is 0. The molecule has 0 aromatic heterocycles. The van der Waals surface area contributed by atoms with E-state index in [1.165, 1.54) is 0 Å². The fourth-order valence-corrected chi connectivity index (χ4v) is 2.67. The number of fused-ring (bicyclic) bond motifs is 1. The maximum absolute atomic E-state index is 12.8. The second-order valence-electron chi connectivity index (χ2n) is 5.55. The lowest BCUT2D eigenvalue weighted by atomic mass is 10.0. The monoisotopic (exact) mass is 319 g/mol. The molecule has 118 valence electrons. The first kappa shape index (κ1) is 14.3. The highest BCUT2D eigenvalue weighted by atomic mass is 16.2. The number of hydrogen-bond donors (Lipinski definition) is 3. The zero-order valence-corrected chi connectivity index (χ0v) is 12.7. The summed E-state index contributed by atoms with van der Waals surface area (Å²) in [6.45, 7) is 0. The van der Waals surface area contributed by atoms with Gasteiger partial charge in [0.2, 0.25) is 5.70 Å². The molecule has 0 saturated carbocycles. The van der Waals surface area contributed by atoms with E-state index in [0.29, 0.717) is 22.8 Å². The largest absolute Gasteiger partial charge is 0.397 e. The molecule has 4 rings (SSSR count). The van der Waals surface area contributed by atoms with E-state index >= 15 is 0 Å². The fourth-order valence-electron chi connectivity index (χ4n) is 2.67. The topological polar surface area (TPSA) is 106 Å². The van der Waals surface area contributed by atoms with Crippen LogP contribution in [0, 0.1) is 0 Å². The van der Waals surface area contributed by atoms with Gasteiger partial charge in [-0.1, -0.05) is 30.4 Å². The number of nitrogens with zero attached hydrogens (tertiary/aromatic N) is 3. The minimum atomic E-state index is -0.410. The number of aliphatic imine (C=N–C) groups is 2. The summed E-state index contributed by atoms with van der Waals surface area (Å²) < 4.78 is -0.317. The van der Waals surface area contributed by atoms with Gasteiger partial charge in [0, 0.05) is 5.57 Å². The van der Waals surface area contributed by atoms with Crippen molar-refractivity contribution >= 4 is 29.3 Å². The number of anilines is 2. The predicted octanol–water partition coefficient (Wildman–Crippen LogP) is 1.57. The number of carbonyl (C=O) groups is 1. The van der Waals surface area contributed by atoms with Crippen molar-refractivity contribution in [1.29, 1.82) is 0 Å². The smallest absolute Gasteiger partial charge is 0.333 e. The molecular weight excluding hydrogens is 304 g/mol. The van der Waals surface area contributed by atoms with Gasteiger partial charge in [0.05, 0.1) is 23.8 Å². The van der Waals surface area contributed by atoms with E-state index in [-0.39, 0.29) is 10.4 Å². The number of carbonyl (C=O) groups excluding carboxylic acids is 1. The number of rotatable bonds is 3. The number of para-hydroxylation sites is 2. The summed E-state index contributed by atoms with van der Waals surface area (Å²) in [6, 6.07) is 7.03. The molecule has 0 fully saturated rings. The molecule has 1 amide bonds. The second-order valence-corrected chi connectivity index (χ2v) is 5.55. The molecule has 0 spiro atoms. The molecule has 7 heteroatoms. The van der Waals surface area contributed by atoms with Gasteiger partial charge >= 0.3 is 11.7 Å². The number of benzene rings is 1. The Labute approximate surface area is 138 Å². The zero-order valence-electron chi connectivity index (χ0n) is 12.7. The Morgan fingerprint density at radius 2 is 2.04 bits per heavy atom. The minimum Gasteiger partial charge on any atom is -0.397 e. The third-order valence-corrected chi connectivity index (χ3v) is 4.03. The van der Waals surface area contributed by atoms with Crippen LogP contribution in [0.5, 0.6) is 0 Å². The molecular formula is C17H15N6O+. The molecule has 2 heterocycles. The van der Waals surface area contributed by atoms with Gasteiger partial charge in [0.1, 0.15) is 11.9 Å². The molecule has 7 nitrogen and oxygen atoms in total. The van der Waals surface area contributed by atoms with E-state index in [4.69, 9.17) is 11.6 Å². The molecule has 0 bridgehead atoms. The van der Waals surface area contributed by atoms with Crippen LogP contribution in [-0.4, -0.2) is 22.5 Å². The average Bonchev–Trinajstić information content (AvgIpc) is 2.81. The molecule has 1 atom stereocenters. The summed E-state index contributed by atoms with van der Waals surface area (Å²) >= 11 is 0. The van der Waals surface area contributed by atoms with Gasteiger partial charge in [0.25, 0.3) is 0 Å². The normalized spacial score (nSPS) is 23.5. The maximum Gasteiger partial charge on any atom is 0.333 e. The quantitative estimate of drug-likeness (QED) is 0.447. The minimum absolute atomic E-state index is 0.159. The fraction of sp³-hybridized carbons (Fsp3) is 0. The Morgan fingerprint density at radius 1 is 1.25 bits per heavy atom. The zero-order chi connectivity index (χ0) is 16.7. The number of nitrogens with two attached hydrogens (primary N) is 2. The number of amides is 1. The molecule has 1 aromatic rings. The standard InChI is InChI=1S/C17H14N6O/c18-12-6-1-2-7-13(12)21-17(24)16-22-15(11-4-3-5-11)14-10-20-8-9-23(14,16)19/h1-10H,19H2,(H2-,18,20,21,22,24)/p+1. The second kappa shape index (κ2) is 5.12. The SMILES string of the molecule is Nc1ccccc1NC(=O)C1=NC(C2=CC=C2)=C2C=NC=C[N+]12N. The third kappa shape index (κ3) is 2.03. The molecule has 0 saturated heterocycles. The van der Waals surface area contributed by atoms with Crippen LogP contribution in [0.4, 0.5) is 11.4 Å². The van der Waals surface area contributed by atoms with Crippen LogP contribution < -0.4 is 16.9 Å². The lowest BCUT2D eigenvalue weighted by Crippen LogP contribution is -2.56. The summed E-state index contributed by atoms with van der Waals surface area (Å²) in [6.07, 6.45) is 10.5. The van der Waals surface area contributed by atoms with Crippen molar-refractivity contribution in [3.63, 3.8) is 0 Å². The number of hydrogen-bond acceptors (Lipinski definition) is 5. The summed E-state index contributed by atoms with van der Waals surface area (Å²) in [5, 5.41) is 2.77. The Kier molecular flexibility index (Phi) is 3.05. The van der Waals surface area contributed by atoms with Crippen LogP contribution in [0.25, 0.3) is 0 Å². The van der Waals surface area contributed by atoms with Gasteiger partial charge in [-0.15, -0.1) is 4.59 Å². The first-order valence-electron chi connectivity index (χ1n) is 7.36. The number of quaternary nitrogens is 1. The Bertz CT molecular complexity index is 934. The Morgan fingerprint density at radius 3 is 2.75 bits per heavy atom. The van der Waals surface area contributed by atoms with Crippen molar-refractivity contribution in [1.82, 2.24) is 0 Å². The van der Waals surface area contributed by atoms with Crippen LogP contribution in [-0.2, 0) is 4.79 Å². The molecule has 5 N–H and O–H groups in total. The lowest BCUT2D eigenvalue weighted by Gasteiger charge is -2.25. The Hall–Kier alpha value is -3.29. The highest BCUT2D eigenvalue weighted by molar-refractivity contribution is 6.41. The van der Waals surface area contributed by atoms with Crippen molar-refractivity contribution in [2.24, 2.45) is 15.8 Å². The molecule has 1 aliphatic carbocycles. The van der Waals surface area contributed by atoms with Crippen LogP contribution in [0.15, 0.2) is 81.8 Å². The van der Waals surface area contributed by atoms with Crippen LogP contribution >= 0.6 is 0 Å². The number of nitrogen functional groups attached to an aromatic ring is 1. The van der Waals surface area contributed by atoms with Crippen molar-refractivity contribution in [3.8, 4) is 0 Å². The van der Waals surface area contributed by atoms with Crippen molar-refractivity contribution in [2.45, 2.75) is 0 Å². The molecule has 0 radical (unpaired) electrons. The molecule has 2 aliphatic heterocycles. The number of nitrogens with one attached hydrogen (secondary N) is 1. The Balaban J connectivity index is 1.71. The highest BCUT2D eigenvalue weighted by Crippen LogP contribution is 2.34. The van der Waals surface area contributed by atoms with E-state index in [1.54, 1.807) is 42.9 Å². The summed E-state index contributed by atoms with van der Waals surface area (Å²) in [5.74, 6) is 6.18. The van der Waals surface area contributed by atoms with E-state index < -0.39 is 5.91 Å². The predicted molar refractivity (Wildman–Crippen MR) is 93.2 cm³/mol. The third-order valence-electron chi connectivity index (χ3n) is 4.03. The van der Waals surface area contributed by atoms with Crippen LogP contribution in [0.2, 0.25) is 0 Å². The number of amidine groups is 1. The van der Waals surface area contributed by atoms with E-state index in [1.807, 2.05) is 18.2 Å². The maximum atomic E-state index is 12.8. The molecule has 3 aliphatic rings. The van der Waals surface area contributed by atoms with Crippen LogP contribution in [0.1, 0.15) is 0 Å². The van der Waals surface area contributed by atoms with Gasteiger partial charge in [-0.25, -0.2) is 0 Å². The van der Waals surface area contributed by atoms with Gasteiger partial charge < -0.3 is 11.1 Å². The van der Waals surface area contributed by atoms with E-state index in [9.17, 15) is 4.79 Å². The average molecular weight is 319 g/mol. The van der Waals surface area contributed by atoms with Crippen molar-refractivity contribution in [3.05, 3.63) is 71.9 Å². The summed E-state index contributed by atoms with van der Waals surface area (Å²) in [5.41, 5.74) is 9.10. The van der Waals surface area contributed by atoms with Gasteiger partial charge in [0.15, 0.2) is 0 Å². The van der Waals surface area contributed by atoms with Gasteiger partial charge in [-0.05, 0) is 12.1 Å². The van der Waals surface area contributed by atoms with Crippen molar-refractivity contribution < 1.29 is 9.39 Å². The van der Waals surface area contributed by atoms with Crippen molar-refractivity contribution in [2.75, 3.05) is 11.1 Å². The lowest BCUT2D eigenvalue weighted by molar-refractivity contribution is -0.749. The van der Waals surface area contributed by atoms with E-state index in [0.717, 1.165) is 5.57 Å².